The minimum absolute atomic E-state index is 0.158. The van der Waals surface area contributed by atoms with Crippen LogP contribution in [0.3, 0.4) is 0 Å². The summed E-state index contributed by atoms with van der Waals surface area (Å²) >= 11 is 0. The van der Waals surface area contributed by atoms with Crippen molar-refractivity contribution in [3.8, 4) is 11.5 Å². The lowest BCUT2D eigenvalue weighted by atomic mass is 10.2. The van der Waals surface area contributed by atoms with Crippen LogP contribution in [0.5, 0.6) is 11.5 Å². The first-order valence-electron chi connectivity index (χ1n) is 8.09. The summed E-state index contributed by atoms with van der Waals surface area (Å²) in [7, 11) is 0. The van der Waals surface area contributed by atoms with E-state index in [-0.39, 0.29) is 6.79 Å². The van der Waals surface area contributed by atoms with Gasteiger partial charge in [0, 0.05) is 28.9 Å². The van der Waals surface area contributed by atoms with Crippen molar-refractivity contribution in [3.05, 3.63) is 54.2 Å². The van der Waals surface area contributed by atoms with Crippen molar-refractivity contribution < 1.29 is 23.8 Å². The van der Waals surface area contributed by atoms with Crippen molar-refractivity contribution in [1.29, 1.82) is 0 Å². The molecular formula is C19H16N2O5. The Balaban J connectivity index is 1.43. The molecule has 4 rings (SSSR count). The summed E-state index contributed by atoms with van der Waals surface area (Å²) in [5.41, 5.74) is 1.76. The van der Waals surface area contributed by atoms with Crippen molar-refractivity contribution in [1.82, 2.24) is 4.98 Å². The van der Waals surface area contributed by atoms with Gasteiger partial charge in [0.2, 0.25) is 6.79 Å². The van der Waals surface area contributed by atoms with Crippen LogP contribution in [0.2, 0.25) is 0 Å². The molecule has 132 valence electrons. The monoisotopic (exact) mass is 352 g/mol. The van der Waals surface area contributed by atoms with Gasteiger partial charge in [-0.25, -0.2) is 4.79 Å². The quantitative estimate of drug-likeness (QED) is 0.704. The number of fused-ring (bicyclic) bond motifs is 2. The second-order valence-corrected chi connectivity index (χ2v) is 5.85. The molecule has 0 radical (unpaired) electrons. The summed E-state index contributed by atoms with van der Waals surface area (Å²) in [6.07, 6.45) is 0.622. The zero-order valence-electron chi connectivity index (χ0n) is 13.9. The maximum absolute atomic E-state index is 12.4. The molecule has 1 aliphatic heterocycles. The highest BCUT2D eigenvalue weighted by atomic mass is 16.7. The van der Waals surface area contributed by atoms with Crippen LogP contribution >= 0.6 is 0 Å². The van der Waals surface area contributed by atoms with Crippen molar-refractivity contribution in [3.63, 3.8) is 0 Å². The number of carbonyl (C=O) groups excluding carboxylic acids is 2. The summed E-state index contributed by atoms with van der Waals surface area (Å²) in [4.78, 5) is 27.7. The first-order chi connectivity index (χ1) is 12.6. The molecule has 0 fully saturated rings. The van der Waals surface area contributed by atoms with Gasteiger partial charge >= 0.3 is 5.97 Å². The first-order valence-corrected chi connectivity index (χ1v) is 8.09. The Kier molecular flexibility index (Phi) is 3.96. The lowest BCUT2D eigenvalue weighted by molar-refractivity contribution is -0.123. The van der Waals surface area contributed by atoms with E-state index >= 15 is 0 Å². The molecule has 1 aromatic heterocycles. The Morgan fingerprint density at radius 2 is 1.96 bits per heavy atom. The lowest BCUT2D eigenvalue weighted by Gasteiger charge is -2.13. The molecule has 2 heterocycles. The number of benzene rings is 2. The van der Waals surface area contributed by atoms with E-state index in [9.17, 15) is 9.59 Å². The molecule has 0 saturated heterocycles. The topological polar surface area (TPSA) is 89.7 Å². The number of para-hydroxylation sites is 1. The van der Waals surface area contributed by atoms with Crippen molar-refractivity contribution in [2.45, 2.75) is 13.0 Å². The number of hydrogen-bond acceptors (Lipinski definition) is 5. The highest BCUT2D eigenvalue weighted by molar-refractivity contribution is 6.05. The van der Waals surface area contributed by atoms with Gasteiger partial charge in [-0.05, 0) is 25.1 Å². The van der Waals surface area contributed by atoms with Gasteiger partial charge in [-0.1, -0.05) is 18.2 Å². The molecule has 7 nitrogen and oxygen atoms in total. The Morgan fingerprint density at radius 1 is 1.15 bits per heavy atom. The van der Waals surface area contributed by atoms with Crippen molar-refractivity contribution >= 4 is 28.5 Å². The van der Waals surface area contributed by atoms with Crippen LogP contribution in [0.25, 0.3) is 10.9 Å². The van der Waals surface area contributed by atoms with E-state index in [4.69, 9.17) is 14.2 Å². The Bertz CT molecular complexity index is 995. The zero-order chi connectivity index (χ0) is 18.1. The molecule has 0 spiro atoms. The van der Waals surface area contributed by atoms with E-state index in [0.29, 0.717) is 22.7 Å². The fraction of sp³-hybridized carbons (Fsp3) is 0.158. The summed E-state index contributed by atoms with van der Waals surface area (Å²) in [5.74, 6) is 0.195. The lowest BCUT2D eigenvalue weighted by Crippen LogP contribution is -2.29. The van der Waals surface area contributed by atoms with Gasteiger partial charge in [-0.15, -0.1) is 0 Å². The van der Waals surface area contributed by atoms with Crippen LogP contribution in [0.1, 0.15) is 17.3 Å². The molecule has 1 amide bonds. The third-order valence-corrected chi connectivity index (χ3v) is 4.10. The first kappa shape index (κ1) is 16.0. The average Bonchev–Trinajstić information content (AvgIpc) is 3.27. The van der Waals surface area contributed by atoms with Gasteiger partial charge in [0.25, 0.3) is 5.91 Å². The molecule has 2 aromatic carbocycles. The molecule has 0 saturated carbocycles. The maximum atomic E-state index is 12.4. The van der Waals surface area contributed by atoms with Gasteiger partial charge in [0.1, 0.15) is 0 Å². The number of amides is 1. The van der Waals surface area contributed by atoms with Crippen molar-refractivity contribution in [2.24, 2.45) is 0 Å². The SMILES string of the molecule is C[C@H](OC(=O)c1c[nH]c2ccccc12)C(=O)Nc1ccc2c(c1)OCO2. The molecule has 0 unspecified atom stereocenters. The summed E-state index contributed by atoms with van der Waals surface area (Å²) in [5, 5.41) is 3.45. The summed E-state index contributed by atoms with van der Waals surface area (Å²) in [6.45, 7) is 1.68. The normalized spacial score (nSPS) is 13.4. The molecule has 26 heavy (non-hydrogen) atoms. The molecule has 2 N–H and O–H groups in total. The number of esters is 1. The van der Waals surface area contributed by atoms with Gasteiger partial charge in [0.05, 0.1) is 5.56 Å². The maximum Gasteiger partial charge on any atom is 0.341 e. The van der Waals surface area contributed by atoms with Gasteiger partial charge in [-0.2, -0.15) is 0 Å². The number of aromatic nitrogens is 1. The third-order valence-electron chi connectivity index (χ3n) is 4.10. The third kappa shape index (κ3) is 2.95. The highest BCUT2D eigenvalue weighted by Crippen LogP contribution is 2.34. The van der Waals surface area contributed by atoms with Crippen molar-refractivity contribution in [2.75, 3.05) is 12.1 Å². The van der Waals surface area contributed by atoms with E-state index in [1.54, 1.807) is 24.4 Å². The van der Waals surface area contributed by atoms with Crippen LogP contribution in [0.15, 0.2) is 48.7 Å². The zero-order valence-corrected chi connectivity index (χ0v) is 13.9. The molecule has 0 aliphatic carbocycles. The second kappa shape index (κ2) is 6.44. The number of ether oxygens (including phenoxy) is 3. The molecule has 1 aliphatic rings. The average molecular weight is 352 g/mol. The number of carbonyl (C=O) groups is 2. The minimum Gasteiger partial charge on any atom is -0.454 e. The van der Waals surface area contributed by atoms with Gasteiger partial charge < -0.3 is 24.5 Å². The predicted molar refractivity (Wildman–Crippen MR) is 94.4 cm³/mol. The van der Waals surface area contributed by atoms with Gasteiger partial charge in [-0.3, -0.25) is 4.79 Å². The Morgan fingerprint density at radius 3 is 2.85 bits per heavy atom. The fourth-order valence-corrected chi connectivity index (χ4v) is 2.74. The van der Waals surface area contributed by atoms with E-state index < -0.39 is 18.0 Å². The predicted octanol–water partition coefficient (Wildman–Crippen LogP) is 3.08. The highest BCUT2D eigenvalue weighted by Gasteiger charge is 2.22. The standard InChI is InChI=1S/C19H16N2O5/c1-11(18(22)21-12-6-7-16-17(8-12)25-10-24-16)26-19(23)14-9-20-15-5-3-2-4-13(14)15/h2-9,11,20H,10H2,1H3,(H,21,22)/t11-/m0/s1. The number of anilines is 1. The number of hydrogen-bond donors (Lipinski definition) is 2. The molecule has 1 atom stereocenters. The van der Waals surface area contributed by atoms with Crippen LogP contribution in [0.4, 0.5) is 5.69 Å². The van der Waals surface area contributed by atoms with E-state index in [0.717, 1.165) is 10.9 Å². The smallest absolute Gasteiger partial charge is 0.341 e. The Labute approximate surface area is 148 Å². The van der Waals surface area contributed by atoms with Crippen LogP contribution < -0.4 is 14.8 Å². The molecule has 0 bridgehead atoms. The summed E-state index contributed by atoms with van der Waals surface area (Å²) < 4.78 is 15.8. The fourth-order valence-electron chi connectivity index (χ4n) is 2.74. The van der Waals surface area contributed by atoms with E-state index in [1.807, 2.05) is 24.3 Å². The van der Waals surface area contributed by atoms with Gasteiger partial charge in [0.15, 0.2) is 17.6 Å². The number of H-pyrrole nitrogens is 1. The number of nitrogens with one attached hydrogen (secondary N) is 2. The van der Waals surface area contributed by atoms with E-state index in [2.05, 4.69) is 10.3 Å². The van der Waals surface area contributed by atoms with E-state index in [1.165, 1.54) is 6.92 Å². The summed E-state index contributed by atoms with van der Waals surface area (Å²) in [6, 6.07) is 12.5. The van der Waals surface area contributed by atoms with Crippen LogP contribution in [-0.4, -0.2) is 29.8 Å². The van der Waals surface area contributed by atoms with Crippen LogP contribution in [0, 0.1) is 0 Å². The molecule has 3 aromatic rings. The Hall–Kier alpha value is -3.48. The number of aromatic amines is 1. The molecular weight excluding hydrogens is 336 g/mol. The van der Waals surface area contributed by atoms with Crippen LogP contribution in [-0.2, 0) is 9.53 Å². The minimum atomic E-state index is -0.957. The second-order valence-electron chi connectivity index (χ2n) is 5.85. The number of rotatable bonds is 4. The molecule has 7 heteroatoms. The largest absolute Gasteiger partial charge is 0.454 e.